The van der Waals surface area contributed by atoms with Gasteiger partial charge in [0, 0.05) is 25.0 Å². The first-order chi connectivity index (χ1) is 10.7. The maximum absolute atomic E-state index is 10.9. The van der Waals surface area contributed by atoms with Gasteiger partial charge in [0.05, 0.1) is 25.8 Å². The number of nitrogens with two attached hydrogens (primary N) is 1. The van der Waals surface area contributed by atoms with Crippen molar-refractivity contribution >= 4 is 5.91 Å². The van der Waals surface area contributed by atoms with Crippen LogP contribution < -0.4 is 5.73 Å². The van der Waals surface area contributed by atoms with Crippen LogP contribution in [-0.2, 0) is 21.5 Å². The summed E-state index contributed by atoms with van der Waals surface area (Å²) < 4.78 is 11.1. The molecule has 1 unspecified atom stereocenters. The highest BCUT2D eigenvalue weighted by atomic mass is 16.5. The number of ether oxygens (including phenoxy) is 1. The van der Waals surface area contributed by atoms with Crippen molar-refractivity contribution in [1.29, 1.82) is 0 Å². The Kier molecular flexibility index (Phi) is 5.72. The Morgan fingerprint density at radius 1 is 1.48 bits per heavy atom. The van der Waals surface area contributed by atoms with Crippen LogP contribution in [0.2, 0.25) is 0 Å². The maximum atomic E-state index is 10.9. The molecule has 0 aliphatic carbocycles. The molecule has 8 heteroatoms. The summed E-state index contributed by atoms with van der Waals surface area (Å²) in [6.07, 6.45) is 0.0399. The first-order valence-electron chi connectivity index (χ1n) is 7.88. The zero-order chi connectivity index (χ0) is 17.0. The molecule has 1 aromatic heterocycles. The van der Waals surface area contributed by atoms with Gasteiger partial charge in [0.2, 0.25) is 11.8 Å². The van der Waals surface area contributed by atoms with E-state index in [0.717, 1.165) is 18.9 Å². The van der Waals surface area contributed by atoms with E-state index < -0.39 is 0 Å². The molecule has 1 aliphatic rings. The highest BCUT2D eigenvalue weighted by molar-refractivity contribution is 5.75. The Balaban J connectivity index is 1.86. The maximum Gasteiger partial charge on any atom is 0.240 e. The highest BCUT2D eigenvalue weighted by Gasteiger charge is 2.25. The second-order valence-electron chi connectivity index (χ2n) is 7.15. The van der Waals surface area contributed by atoms with Crippen LogP contribution in [0, 0.1) is 0 Å². The molecule has 2 heterocycles. The molecule has 0 aromatic carbocycles. The van der Waals surface area contributed by atoms with Crippen molar-refractivity contribution in [3.8, 4) is 0 Å². The second kappa shape index (κ2) is 7.37. The molecular formula is C15H27N5O3. The van der Waals surface area contributed by atoms with Gasteiger partial charge < -0.3 is 15.0 Å². The average molecular weight is 325 g/mol. The lowest BCUT2D eigenvalue weighted by Gasteiger charge is -2.33. The number of likely N-dealkylation sites (N-methyl/N-ethyl adjacent to an activating group) is 1. The second-order valence-corrected chi connectivity index (χ2v) is 7.15. The predicted octanol–water partition coefficient (Wildman–Crippen LogP) is -0.0150. The minimum Gasteiger partial charge on any atom is -0.374 e. The summed E-state index contributed by atoms with van der Waals surface area (Å²) in [5.74, 6) is 1.01. The van der Waals surface area contributed by atoms with Crippen LogP contribution in [0.4, 0.5) is 0 Å². The highest BCUT2D eigenvalue weighted by Crippen LogP contribution is 2.19. The third-order valence-electron chi connectivity index (χ3n) is 3.66. The third kappa shape index (κ3) is 5.56. The molecule has 23 heavy (non-hydrogen) atoms. The summed E-state index contributed by atoms with van der Waals surface area (Å²) >= 11 is 0. The van der Waals surface area contributed by atoms with E-state index >= 15 is 0 Å². The molecule has 8 nitrogen and oxygen atoms in total. The standard InChI is InChI=1S/C15H27N5O3/c1-15(2,3)14-17-13(23-18-14)10-20-5-6-22-11(8-20)7-19(4)9-12(16)21/h11H,5-10H2,1-4H3,(H2,16,21). The fraction of sp³-hybridized carbons (Fsp3) is 0.800. The fourth-order valence-electron chi connectivity index (χ4n) is 2.53. The first-order valence-corrected chi connectivity index (χ1v) is 7.88. The Hall–Kier alpha value is -1.51. The van der Waals surface area contributed by atoms with E-state index in [2.05, 4.69) is 35.8 Å². The lowest BCUT2D eigenvalue weighted by atomic mass is 9.96. The monoisotopic (exact) mass is 325 g/mol. The molecule has 1 aromatic rings. The van der Waals surface area contributed by atoms with Gasteiger partial charge in [0.15, 0.2) is 5.82 Å². The van der Waals surface area contributed by atoms with Crippen molar-refractivity contribution in [2.75, 3.05) is 39.8 Å². The van der Waals surface area contributed by atoms with Crippen LogP contribution in [0.15, 0.2) is 4.52 Å². The summed E-state index contributed by atoms with van der Waals surface area (Å²) in [6.45, 7) is 9.91. The van der Waals surface area contributed by atoms with E-state index in [4.69, 9.17) is 15.0 Å². The van der Waals surface area contributed by atoms with Gasteiger partial charge in [-0.25, -0.2) is 0 Å². The number of carbonyl (C=O) groups excluding carboxylic acids is 1. The van der Waals surface area contributed by atoms with Crippen LogP contribution in [0.3, 0.4) is 0 Å². The van der Waals surface area contributed by atoms with Crippen molar-refractivity contribution in [3.63, 3.8) is 0 Å². The molecule has 130 valence electrons. The van der Waals surface area contributed by atoms with Crippen molar-refractivity contribution in [2.45, 2.75) is 38.8 Å². The largest absolute Gasteiger partial charge is 0.374 e. The van der Waals surface area contributed by atoms with Gasteiger partial charge in [0.1, 0.15) is 0 Å². The summed E-state index contributed by atoms with van der Waals surface area (Å²) in [5.41, 5.74) is 5.09. The number of nitrogens with zero attached hydrogens (tertiary/aromatic N) is 4. The van der Waals surface area contributed by atoms with Crippen LogP contribution in [0.25, 0.3) is 0 Å². The van der Waals surface area contributed by atoms with Gasteiger partial charge in [-0.3, -0.25) is 14.6 Å². The van der Waals surface area contributed by atoms with E-state index in [1.807, 2.05) is 11.9 Å². The van der Waals surface area contributed by atoms with Crippen molar-refractivity contribution < 1.29 is 14.1 Å². The number of primary amides is 1. The van der Waals surface area contributed by atoms with E-state index in [9.17, 15) is 4.79 Å². The molecule has 1 aliphatic heterocycles. The molecule has 1 atom stereocenters. The zero-order valence-electron chi connectivity index (χ0n) is 14.4. The molecule has 0 bridgehead atoms. The molecule has 1 amide bonds. The van der Waals surface area contributed by atoms with Gasteiger partial charge in [-0.1, -0.05) is 25.9 Å². The van der Waals surface area contributed by atoms with Crippen LogP contribution in [0.1, 0.15) is 32.5 Å². The summed E-state index contributed by atoms with van der Waals surface area (Å²) in [6, 6.07) is 0. The van der Waals surface area contributed by atoms with Gasteiger partial charge in [-0.05, 0) is 7.05 Å². The summed E-state index contributed by atoms with van der Waals surface area (Å²) in [4.78, 5) is 19.5. The Morgan fingerprint density at radius 2 is 2.22 bits per heavy atom. The molecule has 0 saturated carbocycles. The number of carbonyl (C=O) groups is 1. The Morgan fingerprint density at radius 3 is 2.83 bits per heavy atom. The van der Waals surface area contributed by atoms with E-state index in [1.165, 1.54) is 0 Å². The average Bonchev–Trinajstić information content (AvgIpc) is 2.86. The number of morpholine rings is 1. The SMILES string of the molecule is CN(CC(N)=O)CC1CN(Cc2nc(C(C)(C)C)no2)CCO1. The van der Waals surface area contributed by atoms with Crippen molar-refractivity contribution in [3.05, 3.63) is 11.7 Å². The lowest BCUT2D eigenvalue weighted by Crippen LogP contribution is -2.47. The van der Waals surface area contributed by atoms with Gasteiger partial charge >= 0.3 is 0 Å². The number of hydrogen-bond acceptors (Lipinski definition) is 7. The Bertz CT molecular complexity index is 525. The van der Waals surface area contributed by atoms with E-state index in [1.54, 1.807) is 0 Å². The molecule has 2 N–H and O–H groups in total. The van der Waals surface area contributed by atoms with Gasteiger partial charge in [0.25, 0.3) is 0 Å². The fourth-order valence-corrected chi connectivity index (χ4v) is 2.53. The number of rotatable bonds is 6. The van der Waals surface area contributed by atoms with Crippen molar-refractivity contribution in [2.24, 2.45) is 5.73 Å². The summed E-state index contributed by atoms with van der Waals surface area (Å²) in [7, 11) is 1.86. The lowest BCUT2D eigenvalue weighted by molar-refractivity contribution is -0.119. The molecule has 1 fully saturated rings. The smallest absolute Gasteiger partial charge is 0.240 e. The Labute approximate surface area is 136 Å². The normalized spacial score (nSPS) is 20.1. The topological polar surface area (TPSA) is 97.7 Å². The van der Waals surface area contributed by atoms with E-state index in [-0.39, 0.29) is 24.0 Å². The molecule has 0 spiro atoms. The molecule has 1 saturated heterocycles. The number of aromatic nitrogens is 2. The zero-order valence-corrected chi connectivity index (χ0v) is 14.4. The van der Waals surface area contributed by atoms with Crippen LogP contribution in [-0.4, -0.2) is 71.8 Å². The third-order valence-corrected chi connectivity index (χ3v) is 3.66. The molecule has 2 rings (SSSR count). The number of amides is 1. The predicted molar refractivity (Wildman–Crippen MR) is 84.7 cm³/mol. The quantitative estimate of drug-likeness (QED) is 0.785. The van der Waals surface area contributed by atoms with E-state index in [0.29, 0.717) is 25.6 Å². The molecular weight excluding hydrogens is 298 g/mol. The number of hydrogen-bond donors (Lipinski definition) is 1. The van der Waals surface area contributed by atoms with Gasteiger partial charge in [-0.2, -0.15) is 4.98 Å². The van der Waals surface area contributed by atoms with Gasteiger partial charge in [-0.15, -0.1) is 0 Å². The first kappa shape index (κ1) is 17.8. The van der Waals surface area contributed by atoms with Crippen molar-refractivity contribution in [1.82, 2.24) is 19.9 Å². The molecule has 0 radical (unpaired) electrons. The minimum atomic E-state index is -0.333. The summed E-state index contributed by atoms with van der Waals surface area (Å²) in [5, 5.41) is 4.05. The minimum absolute atomic E-state index is 0.0399. The van der Waals surface area contributed by atoms with Crippen LogP contribution in [0.5, 0.6) is 0 Å². The van der Waals surface area contributed by atoms with Crippen LogP contribution >= 0.6 is 0 Å².